The second-order valence-electron chi connectivity index (χ2n) is 19.2. The number of piperazine rings is 1. The molecule has 390 valence electrons. The van der Waals surface area contributed by atoms with Crippen LogP contribution in [0, 0.1) is 17.6 Å². The SMILES string of the molecule is CC[C@@H]([C@H](C)O)n1ncn(-c2ccc(N3CCN(c4ccc(OCC5CO[C@@](Cn6cncn6)(c6ccc(F)cc6F)C5)cc4)CC3)cc2)c1=O.Clc1ccccc1C(c1ccccc1)(c1ccccc1)n1ccnc1. The minimum atomic E-state index is -1.02. The Bertz CT molecular complexity index is 3300. The molecule has 0 radical (unpaired) electrons. The fourth-order valence-electron chi connectivity index (χ4n) is 10.7. The van der Waals surface area contributed by atoms with Crippen molar-refractivity contribution >= 4 is 23.0 Å². The minimum absolute atomic E-state index is 0.0121. The summed E-state index contributed by atoms with van der Waals surface area (Å²) in [7, 11) is 0. The number of hydrogen-bond donors (Lipinski definition) is 1. The van der Waals surface area contributed by atoms with Gasteiger partial charge >= 0.3 is 5.69 Å². The lowest BCUT2D eigenvalue weighted by Gasteiger charge is -2.37. The van der Waals surface area contributed by atoms with Crippen LogP contribution in [-0.4, -0.2) is 89.3 Å². The summed E-state index contributed by atoms with van der Waals surface area (Å²) < 4.78 is 47.7. The van der Waals surface area contributed by atoms with E-state index in [1.807, 2.05) is 86.2 Å². The van der Waals surface area contributed by atoms with Crippen LogP contribution >= 0.6 is 11.6 Å². The smallest absolute Gasteiger partial charge is 0.350 e. The van der Waals surface area contributed by atoms with Crippen LogP contribution in [0.3, 0.4) is 0 Å². The Morgan fingerprint density at radius 3 is 1.99 bits per heavy atom. The van der Waals surface area contributed by atoms with Gasteiger partial charge in [-0.25, -0.2) is 37.5 Å². The van der Waals surface area contributed by atoms with E-state index in [9.17, 15) is 18.7 Å². The molecule has 1 N–H and O–H groups in total. The lowest BCUT2D eigenvalue weighted by Crippen LogP contribution is -2.46. The number of aliphatic hydroxyl groups is 1. The number of nitrogens with zero attached hydrogens (tertiary/aromatic N) is 10. The topological polar surface area (TPSA) is 134 Å². The monoisotopic (exact) mass is 1040 g/mol. The molecular weight excluding hydrogens is 986 g/mol. The van der Waals surface area contributed by atoms with Crippen molar-refractivity contribution in [1.82, 2.24) is 38.7 Å². The number of aliphatic hydroxyl groups excluding tert-OH is 1. The normalized spacial score (nSPS) is 17.5. The van der Waals surface area contributed by atoms with Gasteiger partial charge < -0.3 is 28.9 Å². The lowest BCUT2D eigenvalue weighted by molar-refractivity contribution is -0.0206. The van der Waals surface area contributed by atoms with Gasteiger partial charge in [0.1, 0.15) is 47.5 Å². The first-order chi connectivity index (χ1) is 37.1. The fraction of sp³-hybridized carbons (Fsp3) is 0.271. The highest BCUT2D eigenvalue weighted by Gasteiger charge is 2.45. The van der Waals surface area contributed by atoms with Crippen molar-refractivity contribution < 1.29 is 23.4 Å². The van der Waals surface area contributed by atoms with Crippen LogP contribution in [0.1, 0.15) is 55.0 Å². The molecule has 76 heavy (non-hydrogen) atoms. The van der Waals surface area contributed by atoms with Gasteiger partial charge in [0.05, 0.1) is 43.9 Å². The number of imidazole rings is 1. The molecule has 3 aromatic heterocycles. The van der Waals surface area contributed by atoms with Crippen LogP contribution in [-0.2, 0) is 22.4 Å². The zero-order valence-corrected chi connectivity index (χ0v) is 43.0. The highest BCUT2D eigenvalue weighted by Crippen LogP contribution is 2.44. The summed E-state index contributed by atoms with van der Waals surface area (Å²) in [4.78, 5) is 26.0. The van der Waals surface area contributed by atoms with Crippen LogP contribution in [0.2, 0.25) is 5.02 Å². The summed E-state index contributed by atoms with van der Waals surface area (Å²) in [5.41, 5.74) is 4.63. The third kappa shape index (κ3) is 10.7. The van der Waals surface area contributed by atoms with Gasteiger partial charge in [-0.3, -0.25) is 0 Å². The Balaban J connectivity index is 0.000000219. The number of hydrogen-bond acceptors (Lipinski definition) is 10. The van der Waals surface area contributed by atoms with Crippen LogP contribution in [0.5, 0.6) is 5.75 Å². The van der Waals surface area contributed by atoms with Gasteiger partial charge in [0.2, 0.25) is 0 Å². The van der Waals surface area contributed by atoms with Crippen molar-refractivity contribution in [2.45, 2.75) is 56.5 Å². The largest absolute Gasteiger partial charge is 0.493 e. The molecule has 0 spiro atoms. The van der Waals surface area contributed by atoms with Crippen molar-refractivity contribution in [3.63, 3.8) is 0 Å². The molecule has 5 heterocycles. The average molecular weight is 1050 g/mol. The molecule has 0 amide bonds. The molecule has 6 aromatic carbocycles. The summed E-state index contributed by atoms with van der Waals surface area (Å²) in [6.07, 6.45) is 10.5. The van der Waals surface area contributed by atoms with Gasteiger partial charge in [-0.05, 0) is 91.6 Å². The van der Waals surface area contributed by atoms with E-state index >= 15 is 0 Å². The first-order valence-corrected chi connectivity index (χ1v) is 25.9. The standard InChI is InChI=1S/C37H42F2N8O4.C22H17ClN2/c1-3-35(26(2)48)47-36(49)46(25-42-47)31-7-5-29(6-8-31)43-14-16-44(17-15-43)30-9-11-32(12-10-30)50-20-27-19-37(51-21-27,22-45-24-40-23-41-45)33-13-4-28(38)18-34(33)39;23-21-14-8-7-13-20(21)22(25-16-15-24-17-25,18-9-3-1-4-10-18)19-11-5-2-6-12-19/h4-13,18,23-27,35,48H,3,14-17,19-22H2,1-2H3;1-17H/t26-,27?,35-,37-;/m0./s1. The number of halogens is 3. The molecule has 2 fully saturated rings. The van der Waals surface area contributed by atoms with Crippen LogP contribution in [0.25, 0.3) is 5.69 Å². The molecule has 2 aliphatic heterocycles. The van der Waals surface area contributed by atoms with E-state index in [0.717, 1.165) is 76.8 Å². The summed E-state index contributed by atoms with van der Waals surface area (Å²) in [6.45, 7) is 7.97. The van der Waals surface area contributed by atoms with Gasteiger partial charge in [0.15, 0.2) is 0 Å². The summed E-state index contributed by atoms with van der Waals surface area (Å²) in [5.74, 6) is -0.563. The maximum absolute atomic E-state index is 15.0. The predicted octanol–water partition coefficient (Wildman–Crippen LogP) is 9.95. The van der Waals surface area contributed by atoms with Crippen LogP contribution in [0.4, 0.5) is 20.2 Å². The molecule has 0 bridgehead atoms. The van der Waals surface area contributed by atoms with Gasteiger partial charge in [-0.1, -0.05) is 103 Å². The molecule has 0 aliphatic carbocycles. The van der Waals surface area contributed by atoms with Crippen LogP contribution in [0.15, 0.2) is 194 Å². The second kappa shape index (κ2) is 22.9. The molecule has 4 atom stereocenters. The summed E-state index contributed by atoms with van der Waals surface area (Å²) in [5, 5.41) is 19.2. The highest BCUT2D eigenvalue weighted by molar-refractivity contribution is 6.31. The van der Waals surface area contributed by atoms with E-state index in [-0.39, 0.29) is 24.2 Å². The van der Waals surface area contributed by atoms with E-state index in [1.165, 1.54) is 34.0 Å². The van der Waals surface area contributed by atoms with Gasteiger partial charge in [-0.2, -0.15) is 10.2 Å². The van der Waals surface area contributed by atoms with Crippen molar-refractivity contribution in [1.29, 1.82) is 0 Å². The Morgan fingerprint density at radius 2 is 1.41 bits per heavy atom. The van der Waals surface area contributed by atoms with E-state index in [4.69, 9.17) is 21.1 Å². The fourth-order valence-corrected chi connectivity index (χ4v) is 11.0. The van der Waals surface area contributed by atoms with Gasteiger partial charge in [0.25, 0.3) is 0 Å². The molecular formula is C59H59ClF2N10O4. The van der Waals surface area contributed by atoms with E-state index in [2.05, 4.69) is 101 Å². The number of anilines is 2. The van der Waals surface area contributed by atoms with Crippen molar-refractivity contribution in [3.05, 3.63) is 239 Å². The van der Waals surface area contributed by atoms with Crippen molar-refractivity contribution in [2.75, 3.05) is 49.2 Å². The Labute approximate surface area is 445 Å². The Hall–Kier alpha value is -7.92. The predicted molar refractivity (Wildman–Crippen MR) is 289 cm³/mol. The lowest BCUT2D eigenvalue weighted by atomic mass is 9.76. The molecule has 9 aromatic rings. The van der Waals surface area contributed by atoms with Crippen molar-refractivity contribution in [3.8, 4) is 11.4 Å². The number of benzene rings is 6. The first kappa shape index (κ1) is 51.6. The molecule has 2 saturated heterocycles. The third-order valence-electron chi connectivity index (χ3n) is 14.5. The maximum Gasteiger partial charge on any atom is 0.350 e. The van der Waals surface area contributed by atoms with Gasteiger partial charge in [-0.15, -0.1) is 0 Å². The Kier molecular flexibility index (Phi) is 15.5. The number of aromatic nitrogens is 8. The maximum atomic E-state index is 15.0. The first-order valence-electron chi connectivity index (χ1n) is 25.5. The second-order valence-corrected chi connectivity index (χ2v) is 19.6. The quantitative estimate of drug-likeness (QED) is 0.0933. The minimum Gasteiger partial charge on any atom is -0.493 e. The zero-order chi connectivity index (χ0) is 52.7. The molecule has 11 rings (SSSR count). The average Bonchev–Trinajstić information content (AvgIpc) is 4.32. The van der Waals surface area contributed by atoms with E-state index < -0.39 is 28.9 Å². The van der Waals surface area contributed by atoms with E-state index in [0.29, 0.717) is 31.6 Å². The third-order valence-corrected chi connectivity index (χ3v) is 14.8. The molecule has 17 heteroatoms. The summed E-state index contributed by atoms with van der Waals surface area (Å²) in [6, 6.07) is 48.0. The Morgan fingerprint density at radius 1 is 0.776 bits per heavy atom. The number of rotatable bonds is 16. The van der Waals surface area contributed by atoms with E-state index in [1.54, 1.807) is 24.1 Å². The molecule has 0 saturated carbocycles. The zero-order valence-electron chi connectivity index (χ0n) is 42.3. The summed E-state index contributed by atoms with van der Waals surface area (Å²) >= 11 is 6.69. The number of ether oxygens (including phenoxy) is 2. The van der Waals surface area contributed by atoms with Gasteiger partial charge in [0, 0.05) is 78.1 Å². The van der Waals surface area contributed by atoms with Crippen molar-refractivity contribution in [2.24, 2.45) is 5.92 Å². The molecule has 2 aliphatic rings. The molecule has 14 nitrogen and oxygen atoms in total. The highest BCUT2D eigenvalue weighted by atomic mass is 35.5. The molecule has 1 unspecified atom stereocenters. The van der Waals surface area contributed by atoms with Crippen LogP contribution < -0.4 is 20.2 Å².